The second-order valence-corrected chi connectivity index (χ2v) is 5.20. The van der Waals surface area contributed by atoms with Gasteiger partial charge in [-0.3, -0.25) is 9.59 Å². The number of carbonyl (C=O) groups excluding carboxylic acids is 2. The number of para-hydroxylation sites is 2. The number of hydrogen-bond donors (Lipinski definition) is 2. The summed E-state index contributed by atoms with van der Waals surface area (Å²) in [6, 6.07) is 14.2. The minimum Gasteiger partial charge on any atom is -0.496 e. The summed E-state index contributed by atoms with van der Waals surface area (Å²) in [7, 11) is 1.57. The highest BCUT2D eigenvalue weighted by Gasteiger charge is 2.11. The molecule has 2 aromatic carbocycles. The second-order valence-electron chi connectivity index (χ2n) is 4.79. The summed E-state index contributed by atoms with van der Waals surface area (Å²) in [5.74, 6) is -0.107. The lowest BCUT2D eigenvalue weighted by Crippen LogP contribution is -2.27. The van der Waals surface area contributed by atoms with E-state index in [1.807, 2.05) is 24.3 Å². The molecule has 5 nitrogen and oxygen atoms in total. The average molecular weight is 333 g/mol. The van der Waals surface area contributed by atoms with Crippen LogP contribution >= 0.6 is 11.6 Å². The van der Waals surface area contributed by atoms with Crippen LogP contribution in [-0.2, 0) is 16.1 Å². The highest BCUT2D eigenvalue weighted by atomic mass is 35.5. The maximum atomic E-state index is 11.9. The zero-order chi connectivity index (χ0) is 16.7. The summed E-state index contributed by atoms with van der Waals surface area (Å²) in [5, 5.41) is 5.72. The first kappa shape index (κ1) is 16.8. The Morgan fingerprint density at radius 2 is 1.74 bits per heavy atom. The van der Waals surface area contributed by atoms with Gasteiger partial charge in [0.25, 0.3) is 0 Å². The van der Waals surface area contributed by atoms with Crippen molar-refractivity contribution in [1.82, 2.24) is 5.32 Å². The predicted molar refractivity (Wildman–Crippen MR) is 89.5 cm³/mol. The quantitative estimate of drug-likeness (QED) is 0.799. The largest absolute Gasteiger partial charge is 0.496 e. The van der Waals surface area contributed by atoms with E-state index in [0.717, 1.165) is 5.56 Å². The maximum absolute atomic E-state index is 11.9. The highest BCUT2D eigenvalue weighted by molar-refractivity contribution is 6.33. The molecule has 2 rings (SSSR count). The normalized spacial score (nSPS) is 10.0. The van der Waals surface area contributed by atoms with Crippen molar-refractivity contribution in [1.29, 1.82) is 0 Å². The van der Waals surface area contributed by atoms with Gasteiger partial charge in [-0.25, -0.2) is 0 Å². The van der Waals surface area contributed by atoms with E-state index < -0.39 is 5.91 Å². The number of ether oxygens (including phenoxy) is 1. The summed E-state index contributed by atoms with van der Waals surface area (Å²) in [5.41, 5.74) is 1.33. The Bertz CT molecular complexity index is 704. The molecule has 0 spiro atoms. The third kappa shape index (κ3) is 5.00. The van der Waals surface area contributed by atoms with Gasteiger partial charge in [0, 0.05) is 12.1 Å². The predicted octanol–water partition coefficient (Wildman–Crippen LogP) is 2.99. The molecule has 0 atom stereocenters. The van der Waals surface area contributed by atoms with Crippen molar-refractivity contribution >= 4 is 29.1 Å². The van der Waals surface area contributed by atoms with E-state index in [9.17, 15) is 9.59 Å². The Balaban J connectivity index is 1.85. The molecule has 0 saturated heterocycles. The first-order valence-electron chi connectivity index (χ1n) is 7.03. The van der Waals surface area contributed by atoms with Crippen molar-refractivity contribution in [3.8, 4) is 5.75 Å². The Morgan fingerprint density at radius 3 is 2.48 bits per heavy atom. The van der Waals surface area contributed by atoms with Crippen LogP contribution in [-0.4, -0.2) is 18.9 Å². The van der Waals surface area contributed by atoms with E-state index in [1.54, 1.807) is 31.4 Å². The van der Waals surface area contributed by atoms with Crippen LogP contribution in [0.4, 0.5) is 5.69 Å². The fraction of sp³-hybridized carbons (Fsp3) is 0.176. The second kappa shape index (κ2) is 8.19. The fourth-order valence-electron chi connectivity index (χ4n) is 2.01. The molecular formula is C17H17ClN2O3. The molecule has 2 amide bonds. The third-order valence-electron chi connectivity index (χ3n) is 3.14. The number of methoxy groups -OCH3 is 1. The van der Waals surface area contributed by atoms with Crippen molar-refractivity contribution in [2.45, 2.75) is 13.0 Å². The van der Waals surface area contributed by atoms with Gasteiger partial charge in [-0.2, -0.15) is 0 Å². The molecule has 23 heavy (non-hydrogen) atoms. The van der Waals surface area contributed by atoms with Crippen molar-refractivity contribution in [3.05, 3.63) is 59.1 Å². The monoisotopic (exact) mass is 332 g/mol. The third-order valence-corrected chi connectivity index (χ3v) is 3.47. The molecular weight excluding hydrogens is 316 g/mol. The zero-order valence-electron chi connectivity index (χ0n) is 12.6. The van der Waals surface area contributed by atoms with Crippen molar-refractivity contribution in [2.24, 2.45) is 0 Å². The molecule has 0 saturated carbocycles. The van der Waals surface area contributed by atoms with Crippen LogP contribution in [0.3, 0.4) is 0 Å². The van der Waals surface area contributed by atoms with Crippen molar-refractivity contribution in [2.75, 3.05) is 12.4 Å². The van der Waals surface area contributed by atoms with Gasteiger partial charge >= 0.3 is 0 Å². The van der Waals surface area contributed by atoms with E-state index in [0.29, 0.717) is 23.0 Å². The number of nitrogens with one attached hydrogen (secondary N) is 2. The molecule has 120 valence electrons. The molecule has 0 heterocycles. The van der Waals surface area contributed by atoms with Crippen LogP contribution in [0.15, 0.2) is 48.5 Å². The van der Waals surface area contributed by atoms with Crippen molar-refractivity contribution in [3.63, 3.8) is 0 Å². The first-order chi connectivity index (χ1) is 11.1. The standard InChI is InChI=1S/C17H17ClN2O3/c1-23-15-9-5-2-6-12(15)11-19-16(21)10-17(22)20-14-8-4-3-7-13(14)18/h2-9H,10-11H2,1H3,(H,19,21)(H,20,22). The lowest BCUT2D eigenvalue weighted by Gasteiger charge is -2.10. The lowest BCUT2D eigenvalue weighted by molar-refractivity contribution is -0.126. The fourth-order valence-corrected chi connectivity index (χ4v) is 2.19. The Morgan fingerprint density at radius 1 is 1.04 bits per heavy atom. The smallest absolute Gasteiger partial charge is 0.233 e. The number of rotatable bonds is 6. The number of carbonyl (C=O) groups is 2. The van der Waals surface area contributed by atoms with Gasteiger partial charge in [-0.05, 0) is 18.2 Å². The van der Waals surface area contributed by atoms with Crippen LogP contribution in [0.25, 0.3) is 0 Å². The van der Waals surface area contributed by atoms with Crippen molar-refractivity contribution < 1.29 is 14.3 Å². The van der Waals surface area contributed by atoms with E-state index in [2.05, 4.69) is 10.6 Å². The molecule has 0 fully saturated rings. The average Bonchev–Trinajstić information content (AvgIpc) is 2.55. The van der Waals surface area contributed by atoms with Crippen LogP contribution in [0.5, 0.6) is 5.75 Å². The number of anilines is 1. The maximum Gasteiger partial charge on any atom is 0.233 e. The van der Waals surface area contributed by atoms with E-state index >= 15 is 0 Å². The van der Waals surface area contributed by atoms with Gasteiger partial charge in [0.05, 0.1) is 17.8 Å². The van der Waals surface area contributed by atoms with Crippen LogP contribution < -0.4 is 15.4 Å². The van der Waals surface area contributed by atoms with Gasteiger partial charge in [0.15, 0.2) is 0 Å². The van der Waals surface area contributed by atoms with Crippen LogP contribution in [0, 0.1) is 0 Å². The zero-order valence-corrected chi connectivity index (χ0v) is 13.4. The van der Waals surface area contributed by atoms with Gasteiger partial charge in [0.2, 0.25) is 11.8 Å². The number of benzene rings is 2. The van der Waals surface area contributed by atoms with Crippen LogP contribution in [0.1, 0.15) is 12.0 Å². The Kier molecular flexibility index (Phi) is 6.00. The molecule has 0 unspecified atom stereocenters. The number of halogens is 1. The minimum atomic E-state index is -0.421. The molecule has 0 aliphatic rings. The highest BCUT2D eigenvalue weighted by Crippen LogP contribution is 2.20. The summed E-state index contributed by atoms with van der Waals surface area (Å²) >= 11 is 5.95. The molecule has 0 aliphatic heterocycles. The van der Waals surface area contributed by atoms with Gasteiger partial charge in [-0.1, -0.05) is 41.9 Å². The van der Waals surface area contributed by atoms with Crippen LogP contribution in [0.2, 0.25) is 5.02 Å². The Labute approximate surface area is 139 Å². The summed E-state index contributed by atoms with van der Waals surface area (Å²) in [6.45, 7) is 0.294. The molecule has 6 heteroatoms. The molecule has 0 bridgehead atoms. The van der Waals surface area contributed by atoms with E-state index in [4.69, 9.17) is 16.3 Å². The summed E-state index contributed by atoms with van der Waals surface area (Å²) in [6.07, 6.45) is -0.277. The van der Waals surface area contributed by atoms with E-state index in [-0.39, 0.29) is 12.3 Å². The molecule has 0 radical (unpaired) electrons. The molecule has 2 aromatic rings. The molecule has 2 N–H and O–H groups in total. The number of hydrogen-bond acceptors (Lipinski definition) is 3. The molecule has 0 aromatic heterocycles. The lowest BCUT2D eigenvalue weighted by atomic mass is 10.2. The van der Waals surface area contributed by atoms with Gasteiger partial charge < -0.3 is 15.4 Å². The topological polar surface area (TPSA) is 67.4 Å². The first-order valence-corrected chi connectivity index (χ1v) is 7.41. The summed E-state index contributed by atoms with van der Waals surface area (Å²) < 4.78 is 5.21. The Hall–Kier alpha value is -2.53. The van der Waals surface area contributed by atoms with E-state index in [1.165, 1.54) is 0 Å². The SMILES string of the molecule is COc1ccccc1CNC(=O)CC(=O)Nc1ccccc1Cl. The molecule has 0 aliphatic carbocycles. The van der Waals surface area contributed by atoms with Gasteiger partial charge in [-0.15, -0.1) is 0 Å². The summed E-state index contributed by atoms with van der Waals surface area (Å²) in [4.78, 5) is 23.7. The number of amides is 2. The van der Waals surface area contributed by atoms with Gasteiger partial charge in [0.1, 0.15) is 12.2 Å². The minimum absolute atomic E-state index is 0.277.